The van der Waals surface area contributed by atoms with Crippen LogP contribution in [0.5, 0.6) is 5.75 Å². The van der Waals surface area contributed by atoms with Crippen LogP contribution in [0.4, 0.5) is 10.7 Å². The third-order valence-electron chi connectivity index (χ3n) is 3.45. The first kappa shape index (κ1) is 17.6. The van der Waals surface area contributed by atoms with E-state index in [1.54, 1.807) is 0 Å². The summed E-state index contributed by atoms with van der Waals surface area (Å²) in [4.78, 5) is 2.81. The van der Waals surface area contributed by atoms with E-state index in [9.17, 15) is 0 Å². The molecule has 0 bridgehead atoms. The molecule has 0 fully saturated rings. The minimum Gasteiger partial charge on any atom is -0.486 e. The van der Waals surface area contributed by atoms with Gasteiger partial charge in [0.1, 0.15) is 21.6 Å². The first-order valence-electron chi connectivity index (χ1n) is 7.33. The van der Waals surface area contributed by atoms with Gasteiger partial charge in [-0.1, -0.05) is 6.92 Å². The van der Waals surface area contributed by atoms with Crippen molar-refractivity contribution in [3.8, 4) is 11.8 Å². The number of ether oxygens (including phenoxy) is 1. The maximum Gasteiger partial charge on any atom is 0.178 e. The van der Waals surface area contributed by atoms with Gasteiger partial charge < -0.3 is 20.7 Å². The summed E-state index contributed by atoms with van der Waals surface area (Å²) in [7, 11) is 2.12. The molecular formula is C15H26N4OS. The molecule has 118 valence electrons. The minimum absolute atomic E-state index is 0.0248. The van der Waals surface area contributed by atoms with E-state index in [0.29, 0.717) is 22.4 Å². The van der Waals surface area contributed by atoms with E-state index in [4.69, 9.17) is 15.7 Å². The van der Waals surface area contributed by atoms with Gasteiger partial charge in [-0.05, 0) is 34.2 Å². The zero-order valence-corrected chi connectivity index (χ0v) is 14.4. The van der Waals surface area contributed by atoms with Crippen molar-refractivity contribution >= 4 is 22.0 Å². The maximum atomic E-state index is 9.10. The summed E-state index contributed by atoms with van der Waals surface area (Å²) >= 11 is 1.35. The third-order valence-corrected chi connectivity index (χ3v) is 4.50. The number of hydrogen-bond acceptors (Lipinski definition) is 6. The van der Waals surface area contributed by atoms with Crippen molar-refractivity contribution in [1.82, 2.24) is 4.90 Å². The summed E-state index contributed by atoms with van der Waals surface area (Å²) < 4.78 is 5.74. The number of thiophene rings is 1. The van der Waals surface area contributed by atoms with Crippen LogP contribution in [0.15, 0.2) is 0 Å². The molecule has 1 heterocycles. The average Bonchev–Trinajstić information content (AvgIpc) is 2.74. The highest BCUT2D eigenvalue weighted by atomic mass is 32.1. The Hall–Kier alpha value is -1.45. The minimum atomic E-state index is 0.0248. The van der Waals surface area contributed by atoms with Crippen LogP contribution >= 0.6 is 11.3 Å². The lowest BCUT2D eigenvalue weighted by atomic mass is 10.2. The van der Waals surface area contributed by atoms with Crippen LogP contribution in [0.3, 0.4) is 0 Å². The van der Waals surface area contributed by atoms with Gasteiger partial charge >= 0.3 is 0 Å². The van der Waals surface area contributed by atoms with E-state index < -0.39 is 0 Å². The van der Waals surface area contributed by atoms with Gasteiger partial charge in [0.25, 0.3) is 0 Å². The molecular weight excluding hydrogens is 284 g/mol. The molecule has 1 aromatic rings. The van der Waals surface area contributed by atoms with Crippen molar-refractivity contribution in [3.63, 3.8) is 0 Å². The van der Waals surface area contributed by atoms with Crippen molar-refractivity contribution in [2.75, 3.05) is 31.2 Å². The number of nitrogens with two attached hydrogens (primary N) is 1. The topological polar surface area (TPSA) is 74.3 Å². The van der Waals surface area contributed by atoms with E-state index in [2.05, 4.69) is 37.2 Å². The number of nitrogens with one attached hydrogen (secondary N) is 1. The number of anilines is 2. The summed E-state index contributed by atoms with van der Waals surface area (Å²) in [6.07, 6.45) is 1.15. The van der Waals surface area contributed by atoms with E-state index in [-0.39, 0.29) is 6.10 Å². The van der Waals surface area contributed by atoms with E-state index >= 15 is 0 Å². The smallest absolute Gasteiger partial charge is 0.178 e. The zero-order chi connectivity index (χ0) is 16.0. The van der Waals surface area contributed by atoms with E-state index in [1.807, 2.05) is 13.8 Å². The number of likely N-dealkylation sites (N-methyl/N-ethyl adjacent to an activating group) is 1. The molecule has 0 saturated heterocycles. The van der Waals surface area contributed by atoms with Gasteiger partial charge in [-0.2, -0.15) is 5.26 Å². The lowest BCUT2D eigenvalue weighted by Gasteiger charge is -2.23. The molecule has 0 spiro atoms. The van der Waals surface area contributed by atoms with Crippen molar-refractivity contribution in [2.45, 2.75) is 46.3 Å². The number of nitrogen functional groups attached to an aromatic ring is 1. The fourth-order valence-corrected chi connectivity index (χ4v) is 2.74. The quantitative estimate of drug-likeness (QED) is 0.771. The molecule has 1 aromatic heterocycles. The maximum absolute atomic E-state index is 9.10. The third kappa shape index (κ3) is 4.80. The Morgan fingerprint density at radius 3 is 2.62 bits per heavy atom. The summed E-state index contributed by atoms with van der Waals surface area (Å²) in [5.74, 6) is 0.609. The summed E-state index contributed by atoms with van der Waals surface area (Å²) in [5, 5.41) is 13.3. The molecule has 1 unspecified atom stereocenters. The van der Waals surface area contributed by atoms with Crippen molar-refractivity contribution in [1.29, 1.82) is 5.26 Å². The van der Waals surface area contributed by atoms with Gasteiger partial charge in [-0.25, -0.2) is 0 Å². The Labute approximate surface area is 131 Å². The van der Waals surface area contributed by atoms with Crippen LogP contribution in [-0.4, -0.2) is 37.2 Å². The van der Waals surface area contributed by atoms with Gasteiger partial charge in [-0.15, -0.1) is 11.3 Å². The second-order valence-corrected chi connectivity index (χ2v) is 6.47. The first-order chi connectivity index (χ1) is 9.90. The second kappa shape index (κ2) is 8.11. The van der Waals surface area contributed by atoms with E-state index in [1.165, 1.54) is 11.3 Å². The highest BCUT2D eigenvalue weighted by Gasteiger charge is 2.18. The number of rotatable bonds is 8. The number of nitrogens with zero attached hydrogens (tertiary/aromatic N) is 2. The predicted octanol–water partition coefficient (Wildman–Crippen LogP) is 3.13. The average molecular weight is 310 g/mol. The van der Waals surface area contributed by atoms with Crippen LogP contribution in [-0.2, 0) is 0 Å². The SMILES string of the molecule is CCC(C)N(C)CCNc1sc(C#N)c(N)c1OC(C)C. The molecule has 21 heavy (non-hydrogen) atoms. The normalized spacial score (nSPS) is 12.5. The van der Waals surface area contributed by atoms with E-state index in [0.717, 1.165) is 24.5 Å². The molecule has 5 nitrogen and oxygen atoms in total. The van der Waals surface area contributed by atoms with Crippen LogP contribution in [0.25, 0.3) is 0 Å². The lowest BCUT2D eigenvalue weighted by Crippen LogP contribution is -2.32. The molecule has 0 aliphatic rings. The molecule has 0 aliphatic carbocycles. The summed E-state index contributed by atoms with van der Waals surface area (Å²) in [6, 6.07) is 2.68. The zero-order valence-electron chi connectivity index (χ0n) is 13.6. The molecule has 0 saturated carbocycles. The Kier molecular flexibility index (Phi) is 6.79. The summed E-state index contributed by atoms with van der Waals surface area (Å²) in [6.45, 7) is 10.0. The fourth-order valence-electron chi connectivity index (χ4n) is 1.86. The highest BCUT2D eigenvalue weighted by Crippen LogP contribution is 2.42. The molecule has 6 heteroatoms. The summed E-state index contributed by atoms with van der Waals surface area (Å²) in [5.41, 5.74) is 6.42. The number of nitriles is 1. The standard InChI is InChI=1S/C15H26N4OS/c1-6-11(4)19(5)8-7-18-15-14(20-10(2)3)13(17)12(9-16)21-15/h10-11,18H,6-8,17H2,1-5H3. The van der Waals surface area contributed by atoms with Crippen LogP contribution in [0.1, 0.15) is 39.0 Å². The van der Waals surface area contributed by atoms with Crippen LogP contribution in [0.2, 0.25) is 0 Å². The first-order valence-corrected chi connectivity index (χ1v) is 8.15. The van der Waals surface area contributed by atoms with Gasteiger partial charge in [-0.3, -0.25) is 0 Å². The van der Waals surface area contributed by atoms with Crippen molar-refractivity contribution in [3.05, 3.63) is 4.88 Å². The Morgan fingerprint density at radius 2 is 2.10 bits per heavy atom. The second-order valence-electron chi connectivity index (χ2n) is 5.45. The van der Waals surface area contributed by atoms with Crippen LogP contribution in [0, 0.1) is 11.3 Å². The number of hydrogen-bond donors (Lipinski definition) is 2. The lowest BCUT2D eigenvalue weighted by molar-refractivity contribution is 0.245. The Morgan fingerprint density at radius 1 is 1.43 bits per heavy atom. The molecule has 0 aromatic carbocycles. The molecule has 1 atom stereocenters. The van der Waals surface area contributed by atoms with Crippen LogP contribution < -0.4 is 15.8 Å². The fraction of sp³-hybridized carbons (Fsp3) is 0.667. The molecule has 3 N–H and O–H groups in total. The van der Waals surface area contributed by atoms with Gasteiger partial charge in [0.05, 0.1) is 6.10 Å². The van der Waals surface area contributed by atoms with Gasteiger partial charge in [0.2, 0.25) is 0 Å². The molecule has 0 amide bonds. The molecule has 0 radical (unpaired) electrons. The van der Waals surface area contributed by atoms with Crippen molar-refractivity contribution in [2.24, 2.45) is 0 Å². The largest absolute Gasteiger partial charge is 0.486 e. The Bertz CT molecular complexity index is 493. The Balaban J connectivity index is 2.72. The van der Waals surface area contributed by atoms with Crippen molar-refractivity contribution < 1.29 is 4.74 Å². The molecule has 0 aliphatic heterocycles. The van der Waals surface area contributed by atoms with Gasteiger partial charge in [0, 0.05) is 19.1 Å². The van der Waals surface area contributed by atoms with Gasteiger partial charge in [0.15, 0.2) is 5.75 Å². The highest BCUT2D eigenvalue weighted by molar-refractivity contribution is 7.17. The molecule has 1 rings (SSSR count). The predicted molar refractivity (Wildman–Crippen MR) is 90.1 cm³/mol. The monoisotopic (exact) mass is 310 g/mol.